The van der Waals surface area contributed by atoms with Crippen molar-refractivity contribution in [3.05, 3.63) is 12.2 Å². The molecule has 0 radical (unpaired) electrons. The minimum atomic E-state index is -0.951. The second-order valence-electron chi connectivity index (χ2n) is 9.73. The standard InChI is InChI=1S/C28H53NO3/c1-4-5-6-7-8-9-10-11-12-13-14-15-16-17-18-19-20-21-22-23-24-26(30)29-27(25(2)3)28(31)32/h11-12,25,27H,4-10,13-24H2,1-3H3,(H,29,30)(H,31,32)/b12-11-. The maximum Gasteiger partial charge on any atom is 0.326 e. The molecule has 4 nitrogen and oxygen atoms in total. The molecular weight excluding hydrogens is 398 g/mol. The maximum atomic E-state index is 11.9. The lowest BCUT2D eigenvalue weighted by Gasteiger charge is -2.17. The number of rotatable bonds is 23. The predicted octanol–water partition coefficient (Wildman–Crippen LogP) is 8.20. The highest BCUT2D eigenvalue weighted by molar-refractivity contribution is 5.83. The fraction of sp³-hybridized carbons (Fsp3) is 0.857. The molecule has 0 saturated carbocycles. The second kappa shape index (κ2) is 22.9. The smallest absolute Gasteiger partial charge is 0.326 e. The molecular formula is C28H53NO3. The van der Waals surface area contributed by atoms with Gasteiger partial charge in [-0.2, -0.15) is 0 Å². The summed E-state index contributed by atoms with van der Waals surface area (Å²) in [4.78, 5) is 23.0. The van der Waals surface area contributed by atoms with Crippen molar-refractivity contribution in [1.82, 2.24) is 5.32 Å². The number of carbonyl (C=O) groups excluding carboxylic acids is 1. The number of unbranched alkanes of at least 4 members (excludes halogenated alkanes) is 16. The summed E-state index contributed by atoms with van der Waals surface area (Å²) >= 11 is 0. The van der Waals surface area contributed by atoms with E-state index in [2.05, 4.69) is 24.4 Å². The van der Waals surface area contributed by atoms with Gasteiger partial charge in [-0.1, -0.05) is 116 Å². The van der Waals surface area contributed by atoms with Crippen LogP contribution in [0.15, 0.2) is 12.2 Å². The van der Waals surface area contributed by atoms with Crippen LogP contribution in [0.2, 0.25) is 0 Å². The van der Waals surface area contributed by atoms with Crippen LogP contribution in [-0.2, 0) is 9.59 Å². The van der Waals surface area contributed by atoms with Crippen molar-refractivity contribution in [2.24, 2.45) is 5.92 Å². The monoisotopic (exact) mass is 451 g/mol. The summed E-state index contributed by atoms with van der Waals surface area (Å²) in [6.07, 6.45) is 28.3. The van der Waals surface area contributed by atoms with Gasteiger partial charge in [0.05, 0.1) is 0 Å². The van der Waals surface area contributed by atoms with Crippen LogP contribution in [0.5, 0.6) is 0 Å². The number of aliphatic carboxylic acids is 1. The lowest BCUT2D eigenvalue weighted by molar-refractivity contribution is -0.143. The van der Waals surface area contributed by atoms with Crippen molar-refractivity contribution >= 4 is 11.9 Å². The molecule has 0 heterocycles. The Bertz CT molecular complexity index is 473. The number of carboxylic acids is 1. The van der Waals surface area contributed by atoms with Crippen molar-refractivity contribution in [2.75, 3.05) is 0 Å². The molecule has 0 saturated heterocycles. The zero-order chi connectivity index (χ0) is 23.9. The van der Waals surface area contributed by atoms with E-state index < -0.39 is 12.0 Å². The zero-order valence-electron chi connectivity index (χ0n) is 21.5. The van der Waals surface area contributed by atoms with Gasteiger partial charge < -0.3 is 10.4 Å². The molecule has 0 rings (SSSR count). The van der Waals surface area contributed by atoms with Crippen molar-refractivity contribution in [1.29, 1.82) is 0 Å². The predicted molar refractivity (Wildman–Crippen MR) is 137 cm³/mol. The van der Waals surface area contributed by atoms with Crippen molar-refractivity contribution in [3.63, 3.8) is 0 Å². The molecule has 0 fully saturated rings. The van der Waals surface area contributed by atoms with Crippen LogP contribution in [0.25, 0.3) is 0 Å². The molecule has 2 N–H and O–H groups in total. The van der Waals surface area contributed by atoms with Crippen molar-refractivity contribution in [2.45, 2.75) is 149 Å². The Morgan fingerprint density at radius 1 is 0.688 bits per heavy atom. The van der Waals surface area contributed by atoms with E-state index in [0.29, 0.717) is 6.42 Å². The summed E-state index contributed by atoms with van der Waals surface area (Å²) in [5.41, 5.74) is 0. The molecule has 0 aliphatic heterocycles. The molecule has 1 amide bonds. The number of carbonyl (C=O) groups is 2. The third-order valence-electron chi connectivity index (χ3n) is 6.16. The molecule has 4 heteroatoms. The van der Waals surface area contributed by atoms with Gasteiger partial charge >= 0.3 is 5.97 Å². The van der Waals surface area contributed by atoms with Crippen LogP contribution in [0, 0.1) is 5.92 Å². The summed E-state index contributed by atoms with van der Waals surface area (Å²) < 4.78 is 0. The Kier molecular flexibility index (Phi) is 21.9. The van der Waals surface area contributed by atoms with E-state index in [1.807, 2.05) is 13.8 Å². The van der Waals surface area contributed by atoms with Gasteiger partial charge in [-0.05, 0) is 38.0 Å². The first-order chi connectivity index (χ1) is 15.5. The summed E-state index contributed by atoms with van der Waals surface area (Å²) in [6, 6.07) is -0.774. The third kappa shape index (κ3) is 20.6. The number of allylic oxidation sites excluding steroid dienone is 2. The summed E-state index contributed by atoms with van der Waals surface area (Å²) in [5, 5.41) is 11.7. The Morgan fingerprint density at radius 2 is 1.09 bits per heavy atom. The first-order valence-corrected chi connectivity index (χ1v) is 13.7. The molecule has 188 valence electrons. The lowest BCUT2D eigenvalue weighted by atomic mass is 10.0. The van der Waals surface area contributed by atoms with Gasteiger partial charge in [0, 0.05) is 6.42 Å². The minimum absolute atomic E-state index is 0.0946. The Labute approximate surface area is 199 Å². The number of hydrogen-bond acceptors (Lipinski definition) is 2. The van der Waals surface area contributed by atoms with Gasteiger partial charge in [0.2, 0.25) is 5.91 Å². The third-order valence-corrected chi connectivity index (χ3v) is 6.16. The number of nitrogens with one attached hydrogen (secondary N) is 1. The number of hydrogen-bond donors (Lipinski definition) is 2. The van der Waals surface area contributed by atoms with E-state index in [1.165, 1.54) is 103 Å². The average Bonchev–Trinajstić information content (AvgIpc) is 2.75. The molecule has 32 heavy (non-hydrogen) atoms. The molecule has 0 aromatic carbocycles. The van der Waals surface area contributed by atoms with E-state index in [1.54, 1.807) is 0 Å². The summed E-state index contributed by atoms with van der Waals surface area (Å²) in [6.45, 7) is 5.90. The number of carboxylic acid groups (broad SMARTS) is 1. The van der Waals surface area contributed by atoms with Crippen LogP contribution in [0.1, 0.15) is 143 Å². The zero-order valence-corrected chi connectivity index (χ0v) is 21.5. The van der Waals surface area contributed by atoms with Crippen LogP contribution in [0.4, 0.5) is 0 Å². The van der Waals surface area contributed by atoms with Crippen molar-refractivity contribution < 1.29 is 14.7 Å². The molecule has 0 aliphatic rings. The molecule has 0 aromatic heterocycles. The van der Waals surface area contributed by atoms with Gasteiger partial charge in [-0.15, -0.1) is 0 Å². The molecule has 1 unspecified atom stereocenters. The van der Waals surface area contributed by atoms with Crippen molar-refractivity contribution in [3.8, 4) is 0 Å². The normalized spacial score (nSPS) is 12.5. The Hall–Kier alpha value is -1.32. The van der Waals surface area contributed by atoms with E-state index in [0.717, 1.165) is 12.8 Å². The first-order valence-electron chi connectivity index (χ1n) is 13.7. The quantitative estimate of drug-likeness (QED) is 0.121. The summed E-state index contributed by atoms with van der Waals surface area (Å²) in [5.74, 6) is -1.18. The van der Waals surface area contributed by atoms with Gasteiger partial charge in [0.15, 0.2) is 0 Å². The SMILES string of the molecule is CCCCCCCC/C=C\CCCCCCCCCCCCC(=O)NC(C(=O)O)C(C)C. The molecule has 0 spiro atoms. The van der Waals surface area contributed by atoms with Gasteiger partial charge in [-0.25, -0.2) is 4.79 Å². The van der Waals surface area contributed by atoms with Gasteiger partial charge in [-0.3, -0.25) is 4.79 Å². The largest absolute Gasteiger partial charge is 0.480 e. The van der Waals surface area contributed by atoms with E-state index in [9.17, 15) is 9.59 Å². The Morgan fingerprint density at radius 3 is 1.50 bits per heavy atom. The van der Waals surface area contributed by atoms with Crippen LogP contribution >= 0.6 is 0 Å². The second-order valence-corrected chi connectivity index (χ2v) is 9.73. The summed E-state index contributed by atoms with van der Waals surface area (Å²) in [7, 11) is 0. The molecule has 1 atom stereocenters. The first kappa shape index (κ1) is 30.7. The highest BCUT2D eigenvalue weighted by Crippen LogP contribution is 2.13. The van der Waals surface area contributed by atoms with E-state index in [-0.39, 0.29) is 11.8 Å². The fourth-order valence-corrected chi connectivity index (χ4v) is 4.00. The Balaban J connectivity index is 3.33. The van der Waals surface area contributed by atoms with E-state index in [4.69, 9.17) is 5.11 Å². The van der Waals surface area contributed by atoms with Gasteiger partial charge in [0.25, 0.3) is 0 Å². The van der Waals surface area contributed by atoms with Crippen LogP contribution in [0.3, 0.4) is 0 Å². The average molecular weight is 452 g/mol. The highest BCUT2D eigenvalue weighted by atomic mass is 16.4. The maximum absolute atomic E-state index is 11.9. The molecule has 0 bridgehead atoms. The minimum Gasteiger partial charge on any atom is -0.480 e. The van der Waals surface area contributed by atoms with Gasteiger partial charge in [0.1, 0.15) is 6.04 Å². The highest BCUT2D eigenvalue weighted by Gasteiger charge is 2.22. The number of amides is 1. The lowest BCUT2D eigenvalue weighted by Crippen LogP contribution is -2.44. The molecule has 0 aliphatic carbocycles. The fourth-order valence-electron chi connectivity index (χ4n) is 4.00. The van der Waals surface area contributed by atoms with Crippen LogP contribution < -0.4 is 5.32 Å². The van der Waals surface area contributed by atoms with Crippen LogP contribution in [-0.4, -0.2) is 23.0 Å². The van der Waals surface area contributed by atoms with E-state index >= 15 is 0 Å². The topological polar surface area (TPSA) is 66.4 Å². The molecule has 0 aromatic rings.